The Morgan fingerprint density at radius 3 is 1.28 bits per heavy atom. The first-order valence-electron chi connectivity index (χ1n) is 16.9. The predicted molar refractivity (Wildman–Crippen MR) is 207 cm³/mol. The summed E-state index contributed by atoms with van der Waals surface area (Å²) < 4.78 is 4.83. The molecular weight excluding hydrogens is 609 g/mol. The van der Waals surface area contributed by atoms with E-state index in [9.17, 15) is 0 Å². The van der Waals surface area contributed by atoms with Crippen LogP contribution in [0.1, 0.15) is 0 Å². The number of hydrogen-bond acceptors (Lipinski definition) is 2. The summed E-state index contributed by atoms with van der Waals surface area (Å²) in [5.74, 6) is 0. The normalized spacial score (nSPS) is 11.6. The molecule has 10 aromatic rings. The van der Waals surface area contributed by atoms with Crippen molar-refractivity contribution in [2.45, 2.75) is 0 Å². The molecule has 0 N–H and O–H groups in total. The van der Waals surface area contributed by atoms with E-state index in [2.05, 4.69) is 160 Å². The third-order valence-electron chi connectivity index (χ3n) is 9.80. The lowest BCUT2D eigenvalue weighted by Crippen LogP contribution is -2.00. The van der Waals surface area contributed by atoms with Gasteiger partial charge in [0.25, 0.3) is 0 Å². The van der Waals surface area contributed by atoms with Gasteiger partial charge in [-0.15, -0.1) is 0 Å². The average Bonchev–Trinajstić information content (AvgIpc) is 3.71. The van der Waals surface area contributed by atoms with Crippen LogP contribution in [0, 0.1) is 0 Å². The van der Waals surface area contributed by atoms with Crippen LogP contribution in [0.2, 0.25) is 0 Å². The van der Waals surface area contributed by atoms with E-state index in [1.165, 1.54) is 43.6 Å². The molecule has 4 heteroatoms. The van der Waals surface area contributed by atoms with Gasteiger partial charge >= 0.3 is 0 Å². The van der Waals surface area contributed by atoms with Gasteiger partial charge in [-0.25, -0.2) is 0 Å². The molecule has 4 heterocycles. The van der Waals surface area contributed by atoms with Gasteiger partial charge in [-0.05, 0) is 95.6 Å². The van der Waals surface area contributed by atoms with Crippen LogP contribution in [0.5, 0.6) is 0 Å². The van der Waals surface area contributed by atoms with Crippen LogP contribution in [-0.2, 0) is 0 Å². The first-order valence-corrected chi connectivity index (χ1v) is 16.9. The van der Waals surface area contributed by atoms with Gasteiger partial charge in [-0.3, -0.25) is 9.97 Å². The first-order chi connectivity index (χ1) is 24.8. The maximum Gasteiger partial charge on any atom is 0.0702 e. The number of hydrogen-bond donors (Lipinski definition) is 0. The molecule has 0 aliphatic rings. The van der Waals surface area contributed by atoms with Crippen LogP contribution in [0.25, 0.3) is 88.5 Å². The predicted octanol–water partition coefficient (Wildman–Crippen LogP) is 11.7. The van der Waals surface area contributed by atoms with Crippen LogP contribution in [0.4, 0.5) is 0 Å². The van der Waals surface area contributed by atoms with Crippen molar-refractivity contribution >= 4 is 43.6 Å². The van der Waals surface area contributed by atoms with E-state index < -0.39 is 0 Å². The summed E-state index contributed by atoms with van der Waals surface area (Å²) in [6, 6.07) is 58.8. The van der Waals surface area contributed by atoms with Crippen LogP contribution in [0.3, 0.4) is 0 Å². The Labute approximate surface area is 289 Å². The van der Waals surface area contributed by atoms with Gasteiger partial charge in [0.2, 0.25) is 0 Å². The molecule has 0 aliphatic carbocycles. The highest BCUT2D eigenvalue weighted by Gasteiger charge is 2.18. The lowest BCUT2D eigenvalue weighted by molar-refractivity contribution is 1.13. The number of para-hydroxylation sites is 4. The van der Waals surface area contributed by atoms with Crippen molar-refractivity contribution in [3.05, 3.63) is 182 Å². The second-order valence-corrected chi connectivity index (χ2v) is 12.7. The van der Waals surface area contributed by atoms with Crippen molar-refractivity contribution in [3.63, 3.8) is 0 Å². The van der Waals surface area contributed by atoms with Crippen molar-refractivity contribution in [2.75, 3.05) is 0 Å². The molecular formula is C46H30N4. The highest BCUT2D eigenvalue weighted by Crippen LogP contribution is 2.39. The van der Waals surface area contributed by atoms with E-state index in [-0.39, 0.29) is 0 Å². The maximum atomic E-state index is 4.75. The summed E-state index contributed by atoms with van der Waals surface area (Å²) in [7, 11) is 0. The minimum Gasteiger partial charge on any atom is -0.309 e. The molecule has 0 fully saturated rings. The quantitative estimate of drug-likeness (QED) is 0.188. The standard InChI is InChI=1S/C46H30N4/c1-5-18-43-38(13-1)39-14-2-6-19-44(39)49(43)36-27-34(28-37(29-36)50-45-20-7-3-15-40(45)41-16-4-8-21-46(41)50)33-24-32(31-12-11-22-47-30-31)25-35(26-33)42-17-9-10-23-48-42/h1-30H. The second-order valence-electron chi connectivity index (χ2n) is 12.7. The Morgan fingerprint density at radius 2 is 0.800 bits per heavy atom. The van der Waals surface area contributed by atoms with Gasteiger partial charge in [0.15, 0.2) is 0 Å². The van der Waals surface area contributed by atoms with E-state index >= 15 is 0 Å². The van der Waals surface area contributed by atoms with E-state index in [0.717, 1.165) is 44.9 Å². The van der Waals surface area contributed by atoms with Gasteiger partial charge in [0.1, 0.15) is 0 Å². The molecule has 4 aromatic heterocycles. The minimum absolute atomic E-state index is 0.931. The number of benzene rings is 6. The molecule has 0 spiro atoms. The Balaban J connectivity index is 1.31. The summed E-state index contributed by atoms with van der Waals surface area (Å²) in [6.07, 6.45) is 5.61. The number of nitrogens with zero attached hydrogens (tertiary/aromatic N) is 4. The van der Waals surface area contributed by atoms with Crippen molar-refractivity contribution < 1.29 is 0 Å². The zero-order valence-corrected chi connectivity index (χ0v) is 27.1. The lowest BCUT2D eigenvalue weighted by atomic mass is 9.95. The molecule has 50 heavy (non-hydrogen) atoms. The largest absolute Gasteiger partial charge is 0.309 e. The first kappa shape index (κ1) is 28.3. The average molecular weight is 639 g/mol. The zero-order valence-electron chi connectivity index (χ0n) is 27.1. The van der Waals surface area contributed by atoms with Crippen LogP contribution in [-0.4, -0.2) is 19.1 Å². The number of pyridine rings is 2. The van der Waals surface area contributed by atoms with Crippen molar-refractivity contribution in [2.24, 2.45) is 0 Å². The molecule has 0 amide bonds. The highest BCUT2D eigenvalue weighted by atomic mass is 15.0. The van der Waals surface area contributed by atoms with E-state index in [1.807, 2.05) is 36.8 Å². The molecule has 4 nitrogen and oxygen atoms in total. The van der Waals surface area contributed by atoms with Crippen LogP contribution >= 0.6 is 0 Å². The van der Waals surface area contributed by atoms with Crippen LogP contribution < -0.4 is 0 Å². The van der Waals surface area contributed by atoms with E-state index in [1.54, 1.807) is 0 Å². The molecule has 0 radical (unpaired) electrons. The smallest absolute Gasteiger partial charge is 0.0702 e. The molecule has 10 rings (SSSR count). The fourth-order valence-corrected chi connectivity index (χ4v) is 7.60. The second kappa shape index (κ2) is 11.4. The summed E-state index contributed by atoms with van der Waals surface area (Å²) in [5.41, 5.74) is 13.3. The monoisotopic (exact) mass is 638 g/mol. The maximum absolute atomic E-state index is 4.75. The van der Waals surface area contributed by atoms with Gasteiger partial charge in [0.05, 0.1) is 27.8 Å². The third kappa shape index (κ3) is 4.54. The van der Waals surface area contributed by atoms with Crippen molar-refractivity contribution in [1.29, 1.82) is 0 Å². The lowest BCUT2D eigenvalue weighted by Gasteiger charge is -2.17. The fraction of sp³-hybridized carbons (Fsp3) is 0. The Kier molecular flexibility index (Phi) is 6.46. The highest BCUT2D eigenvalue weighted by molar-refractivity contribution is 6.10. The van der Waals surface area contributed by atoms with Gasteiger partial charge < -0.3 is 9.13 Å². The van der Waals surface area contributed by atoms with Crippen molar-refractivity contribution in [3.8, 4) is 44.9 Å². The number of aromatic nitrogens is 4. The number of fused-ring (bicyclic) bond motifs is 6. The summed E-state index contributed by atoms with van der Waals surface area (Å²) in [4.78, 5) is 9.20. The molecule has 0 atom stereocenters. The molecule has 0 saturated carbocycles. The Bertz CT molecular complexity index is 2570. The topological polar surface area (TPSA) is 35.6 Å². The van der Waals surface area contributed by atoms with E-state index in [4.69, 9.17) is 4.98 Å². The summed E-state index contributed by atoms with van der Waals surface area (Å²) in [5, 5.41) is 4.96. The Morgan fingerprint density at radius 1 is 0.340 bits per heavy atom. The van der Waals surface area contributed by atoms with Gasteiger partial charge in [0, 0.05) is 62.6 Å². The molecule has 0 saturated heterocycles. The SMILES string of the molecule is c1ccc(-c2cc(-c3cccnc3)cc(-c3cc(-n4c5ccccc5c5ccccc54)cc(-n4c5ccccc5c5ccccc54)c3)c2)nc1. The fourth-order valence-electron chi connectivity index (χ4n) is 7.60. The molecule has 6 aromatic carbocycles. The molecule has 0 unspecified atom stereocenters. The summed E-state index contributed by atoms with van der Waals surface area (Å²) >= 11 is 0. The third-order valence-corrected chi connectivity index (χ3v) is 9.80. The van der Waals surface area contributed by atoms with E-state index in [0.29, 0.717) is 0 Å². The van der Waals surface area contributed by atoms with Gasteiger partial charge in [-0.2, -0.15) is 0 Å². The number of rotatable bonds is 5. The minimum atomic E-state index is 0.931. The Hall–Kier alpha value is -6.78. The molecule has 0 aliphatic heterocycles. The zero-order chi connectivity index (χ0) is 33.0. The van der Waals surface area contributed by atoms with Crippen molar-refractivity contribution in [1.82, 2.24) is 19.1 Å². The van der Waals surface area contributed by atoms with Crippen LogP contribution in [0.15, 0.2) is 182 Å². The van der Waals surface area contributed by atoms with Gasteiger partial charge in [-0.1, -0.05) is 84.9 Å². The molecule has 234 valence electrons. The molecule has 0 bridgehead atoms. The summed E-state index contributed by atoms with van der Waals surface area (Å²) in [6.45, 7) is 0.